The lowest BCUT2D eigenvalue weighted by molar-refractivity contribution is -0.134. The lowest BCUT2D eigenvalue weighted by Crippen LogP contribution is -2.43. The number of nitrogens with zero attached hydrogens (tertiary/aromatic N) is 1. The van der Waals surface area contributed by atoms with Gasteiger partial charge in [0.05, 0.1) is 30.9 Å². The molecule has 1 N–H and O–H groups in total. The van der Waals surface area contributed by atoms with Gasteiger partial charge in [-0.2, -0.15) is 0 Å². The van der Waals surface area contributed by atoms with Crippen LogP contribution in [-0.2, 0) is 30.8 Å². The fourth-order valence-corrected chi connectivity index (χ4v) is 4.77. The van der Waals surface area contributed by atoms with Gasteiger partial charge in [0.2, 0.25) is 15.9 Å². The minimum absolute atomic E-state index is 0.0699. The number of rotatable bonds is 7. The molecule has 2 aliphatic heterocycles. The molecule has 166 valence electrons. The fourth-order valence-electron chi connectivity index (χ4n) is 3.77. The van der Waals surface area contributed by atoms with E-state index >= 15 is 0 Å². The zero-order valence-electron chi connectivity index (χ0n) is 17.1. The van der Waals surface area contributed by atoms with Crippen molar-refractivity contribution in [3.8, 4) is 0 Å². The Bertz CT molecular complexity index is 995. The number of nitrogens with one attached hydrogen (secondary N) is 1. The summed E-state index contributed by atoms with van der Waals surface area (Å²) >= 11 is 0. The smallest absolute Gasteiger partial charge is 0.246 e. The Balaban J connectivity index is 1.33. The largest absolute Gasteiger partial charge is 0.468 e. The summed E-state index contributed by atoms with van der Waals surface area (Å²) in [4.78, 5) is 14.6. The highest BCUT2D eigenvalue weighted by atomic mass is 32.2. The van der Waals surface area contributed by atoms with Gasteiger partial charge in [-0.3, -0.25) is 4.79 Å². The van der Waals surface area contributed by atoms with Crippen LogP contribution in [-0.4, -0.2) is 51.8 Å². The lowest BCUT2D eigenvalue weighted by atomic mass is 9.97. The van der Waals surface area contributed by atoms with E-state index in [0.717, 1.165) is 18.4 Å². The lowest BCUT2D eigenvalue weighted by Gasteiger charge is -2.34. The summed E-state index contributed by atoms with van der Waals surface area (Å²) in [5.74, 6) is 0.666. The number of hydrogen-bond acceptors (Lipinski definition) is 6. The van der Waals surface area contributed by atoms with Crippen molar-refractivity contribution in [2.75, 3.05) is 26.3 Å². The first kappa shape index (κ1) is 21.8. The standard InChI is InChI=1S/C22H26N2O6S/c25-21(24-11-1-3-18(16-24)22-29-13-14-30-22)10-7-17-5-8-20(9-6-17)31(26,27)23-15-19-4-2-12-28-19/h2,4-10,12,18,22-23H,1,3,11,13-16H2/b10-7+. The summed E-state index contributed by atoms with van der Waals surface area (Å²) < 4.78 is 43.6. The SMILES string of the molecule is O=C(/C=C/c1ccc(S(=O)(=O)NCc2ccco2)cc1)N1CCCC(C2OCCO2)C1. The van der Waals surface area contributed by atoms with Gasteiger partial charge in [-0.25, -0.2) is 13.1 Å². The molecule has 0 saturated carbocycles. The molecule has 2 saturated heterocycles. The van der Waals surface area contributed by atoms with Gasteiger partial charge in [-0.05, 0) is 48.7 Å². The van der Waals surface area contributed by atoms with Crippen molar-refractivity contribution in [2.45, 2.75) is 30.6 Å². The Morgan fingerprint density at radius 1 is 1.16 bits per heavy atom. The second kappa shape index (κ2) is 9.78. The fraction of sp³-hybridized carbons (Fsp3) is 0.409. The van der Waals surface area contributed by atoms with Crippen LogP contribution >= 0.6 is 0 Å². The predicted molar refractivity (Wildman–Crippen MR) is 113 cm³/mol. The van der Waals surface area contributed by atoms with Gasteiger partial charge in [-0.15, -0.1) is 0 Å². The maximum atomic E-state index is 12.6. The predicted octanol–water partition coefficient (Wildman–Crippen LogP) is 2.38. The number of amides is 1. The summed E-state index contributed by atoms with van der Waals surface area (Å²) in [6.45, 7) is 2.63. The number of likely N-dealkylation sites (tertiary alicyclic amines) is 1. The van der Waals surface area contributed by atoms with Crippen LogP contribution in [0.5, 0.6) is 0 Å². The summed E-state index contributed by atoms with van der Waals surface area (Å²) in [5.41, 5.74) is 0.745. The van der Waals surface area contributed by atoms with Crippen LogP contribution in [0.4, 0.5) is 0 Å². The summed E-state index contributed by atoms with van der Waals surface area (Å²) in [5, 5.41) is 0. The molecule has 0 bridgehead atoms. The van der Waals surface area contributed by atoms with Crippen LogP contribution in [0.3, 0.4) is 0 Å². The first-order valence-electron chi connectivity index (χ1n) is 10.3. The van der Waals surface area contributed by atoms with E-state index in [1.165, 1.54) is 24.5 Å². The van der Waals surface area contributed by atoms with Gasteiger partial charge in [0.1, 0.15) is 5.76 Å². The van der Waals surface area contributed by atoms with Crippen LogP contribution in [0.15, 0.2) is 58.1 Å². The monoisotopic (exact) mass is 446 g/mol. The van der Waals surface area contributed by atoms with Crippen molar-refractivity contribution in [3.05, 3.63) is 60.1 Å². The van der Waals surface area contributed by atoms with Crippen molar-refractivity contribution < 1.29 is 27.1 Å². The molecule has 4 rings (SSSR count). The molecule has 1 atom stereocenters. The van der Waals surface area contributed by atoms with Crippen LogP contribution in [0.2, 0.25) is 0 Å². The van der Waals surface area contributed by atoms with Gasteiger partial charge in [-0.1, -0.05) is 12.1 Å². The molecule has 3 heterocycles. The highest BCUT2D eigenvalue weighted by Gasteiger charge is 2.32. The Morgan fingerprint density at radius 3 is 2.65 bits per heavy atom. The second-order valence-electron chi connectivity index (χ2n) is 7.60. The molecule has 1 aromatic carbocycles. The average Bonchev–Trinajstić information content (AvgIpc) is 3.51. The molecule has 1 aromatic heterocycles. The molecule has 2 fully saturated rings. The van der Waals surface area contributed by atoms with Crippen molar-refractivity contribution in [3.63, 3.8) is 0 Å². The first-order chi connectivity index (χ1) is 15.0. The number of piperidine rings is 1. The Morgan fingerprint density at radius 2 is 1.94 bits per heavy atom. The molecule has 1 unspecified atom stereocenters. The summed E-state index contributed by atoms with van der Waals surface area (Å²) in [6, 6.07) is 9.77. The van der Waals surface area contributed by atoms with Gasteiger partial charge in [0, 0.05) is 25.1 Å². The first-order valence-corrected chi connectivity index (χ1v) is 11.8. The number of sulfonamides is 1. The second-order valence-corrected chi connectivity index (χ2v) is 9.37. The van der Waals surface area contributed by atoms with E-state index in [2.05, 4.69) is 4.72 Å². The minimum atomic E-state index is -3.65. The third-order valence-electron chi connectivity index (χ3n) is 5.43. The Kier molecular flexibility index (Phi) is 6.86. The normalized spacial score (nSPS) is 20.5. The molecule has 0 radical (unpaired) electrons. The van der Waals surface area contributed by atoms with Gasteiger partial charge in [0.15, 0.2) is 6.29 Å². The molecule has 2 aliphatic rings. The average molecular weight is 447 g/mol. The van der Waals surface area contributed by atoms with E-state index in [1.807, 2.05) is 4.90 Å². The molecule has 0 aliphatic carbocycles. The number of carbonyl (C=O) groups is 1. The number of furan rings is 1. The molecule has 1 amide bonds. The van der Waals surface area contributed by atoms with Gasteiger partial charge >= 0.3 is 0 Å². The van der Waals surface area contributed by atoms with E-state index in [4.69, 9.17) is 13.9 Å². The maximum absolute atomic E-state index is 12.6. The molecule has 9 heteroatoms. The molecule has 0 spiro atoms. The van der Waals surface area contributed by atoms with Crippen LogP contribution < -0.4 is 4.72 Å². The molecular weight excluding hydrogens is 420 g/mol. The quantitative estimate of drug-likeness (QED) is 0.656. The van der Waals surface area contributed by atoms with Crippen molar-refractivity contribution >= 4 is 22.0 Å². The highest BCUT2D eigenvalue weighted by molar-refractivity contribution is 7.89. The molecule has 2 aromatic rings. The summed E-state index contributed by atoms with van der Waals surface area (Å²) in [7, 11) is -3.65. The van der Waals surface area contributed by atoms with E-state index < -0.39 is 10.0 Å². The van der Waals surface area contributed by atoms with Crippen molar-refractivity contribution in [2.24, 2.45) is 5.92 Å². The molecule has 31 heavy (non-hydrogen) atoms. The molecule has 8 nitrogen and oxygen atoms in total. The van der Waals surface area contributed by atoms with E-state index in [-0.39, 0.29) is 29.6 Å². The van der Waals surface area contributed by atoms with Gasteiger partial charge < -0.3 is 18.8 Å². The van der Waals surface area contributed by atoms with Gasteiger partial charge in [0.25, 0.3) is 0 Å². The highest BCUT2D eigenvalue weighted by Crippen LogP contribution is 2.25. The zero-order valence-corrected chi connectivity index (χ0v) is 17.9. The number of ether oxygens (including phenoxy) is 2. The Labute approximate surface area is 181 Å². The van der Waals surface area contributed by atoms with Crippen molar-refractivity contribution in [1.82, 2.24) is 9.62 Å². The van der Waals surface area contributed by atoms with E-state index in [9.17, 15) is 13.2 Å². The minimum Gasteiger partial charge on any atom is -0.468 e. The number of hydrogen-bond donors (Lipinski definition) is 1. The number of carbonyl (C=O) groups excluding carboxylic acids is 1. The number of benzene rings is 1. The third-order valence-corrected chi connectivity index (χ3v) is 6.84. The van der Waals surface area contributed by atoms with Crippen LogP contribution in [0.25, 0.3) is 6.08 Å². The molecular formula is C22H26N2O6S. The van der Waals surface area contributed by atoms with Crippen LogP contribution in [0.1, 0.15) is 24.2 Å². The van der Waals surface area contributed by atoms with E-state index in [1.54, 1.807) is 30.3 Å². The third kappa shape index (κ3) is 5.62. The Hall–Kier alpha value is -2.46. The van der Waals surface area contributed by atoms with Crippen molar-refractivity contribution in [1.29, 1.82) is 0 Å². The zero-order chi connectivity index (χ0) is 21.7. The topological polar surface area (TPSA) is 98.1 Å². The van der Waals surface area contributed by atoms with E-state index in [0.29, 0.717) is 32.1 Å². The maximum Gasteiger partial charge on any atom is 0.246 e. The summed E-state index contributed by atoms with van der Waals surface area (Å²) in [6.07, 6.45) is 6.41. The van der Waals surface area contributed by atoms with Crippen LogP contribution in [0, 0.1) is 5.92 Å².